The number of nitrogens with zero attached hydrogens (tertiary/aromatic N) is 8. The standard InChI is InChI=1S/C27H30N4O4.C19H24N2O4.C8H10N2O2.C8H7NO.ClH.H3NO/c1-17-4-7-22(14-18(17)2)31-16-21(15-24(31)32)27(33)30-12-10-20(11-13-30)26-28-25(29-35-26)19-5-8-23(34-3)9-6-19;1-12-3-4-16(9-13(12)2)21-11-15(10-17(21)22)18(23)20-7-5-14(6-8-20)19(24)25;1-12-7-4-2-6(3-5-7)8(9)10-11;1-9-7-3-5-8(10-2)6-4-7;;1-2/h4-9,14,20-21H,10-13,15-16H2,1-3H3;3-4,9,14-15H,5-8,10-11H2,1-2H3,(H,24,25);2-5,11H,1H3,(H2,9,10);3-6H,2H3;1H;2H,1H2. The highest BCUT2D eigenvalue weighted by Gasteiger charge is 2.40. The highest BCUT2D eigenvalue weighted by molar-refractivity contribution is 6.01. The van der Waals surface area contributed by atoms with Gasteiger partial charge in [0.05, 0.1) is 45.7 Å². The predicted octanol–water partition coefficient (Wildman–Crippen LogP) is 8.89. The zero-order chi connectivity index (χ0) is 61.0. The molecule has 2 atom stereocenters. The highest BCUT2D eigenvalue weighted by atomic mass is 35.5. The summed E-state index contributed by atoms with van der Waals surface area (Å²) in [6, 6.07) is 33.4. The Morgan fingerprint density at radius 3 is 1.46 bits per heavy atom. The number of nitrogens with two attached hydrogens (primary N) is 2. The maximum Gasteiger partial charge on any atom is 0.306 e. The van der Waals surface area contributed by atoms with E-state index in [9.17, 15) is 24.0 Å². The summed E-state index contributed by atoms with van der Waals surface area (Å²) in [6.45, 7) is 17.8. The van der Waals surface area contributed by atoms with E-state index in [1.807, 2.05) is 86.3 Å². The minimum absolute atomic E-state index is 0. The molecule has 4 amide bonds. The number of aliphatic carboxylic acids is 1. The van der Waals surface area contributed by atoms with E-state index in [2.05, 4.69) is 33.0 Å². The lowest BCUT2D eigenvalue weighted by Gasteiger charge is -2.32. The van der Waals surface area contributed by atoms with Crippen LogP contribution in [-0.4, -0.2) is 131 Å². The van der Waals surface area contributed by atoms with Gasteiger partial charge in [0, 0.05) is 80.5 Å². The van der Waals surface area contributed by atoms with E-state index in [0.29, 0.717) is 75.1 Å². The average molecular weight is 1190 g/mol. The van der Waals surface area contributed by atoms with E-state index in [1.54, 1.807) is 84.6 Å². The molecule has 4 saturated heterocycles. The van der Waals surface area contributed by atoms with Gasteiger partial charge in [-0.1, -0.05) is 34.6 Å². The SMILES string of the molecule is COc1ccc(-c2noc(C3CCN(C(=O)C4CC(=O)N(c5ccc(C)c(C)c5)C4)CC3)n2)cc1.COc1ccc(C(N)=NO)cc1.Cc1ccc(N2CC(C(=O)N3CCC(C(=O)O)CC3)CC2=O)cc1C.Cl.NO.[C-]#[N+]c1ccc(OC)cc1. The quantitative estimate of drug-likeness (QED) is 0.0266. The Morgan fingerprint density at radius 2 is 1.06 bits per heavy atom. The van der Waals surface area contributed by atoms with Crippen LogP contribution in [-0.2, 0) is 24.0 Å². The van der Waals surface area contributed by atoms with Crippen molar-refractivity contribution >= 4 is 64.9 Å². The Morgan fingerprint density at radius 1 is 0.635 bits per heavy atom. The van der Waals surface area contributed by atoms with Gasteiger partial charge in [-0.2, -0.15) is 4.98 Å². The third-order valence-electron chi connectivity index (χ3n) is 15.3. The molecular formula is C62H75ClN10O12. The monoisotopic (exact) mass is 1190 g/mol. The van der Waals surface area contributed by atoms with E-state index in [-0.39, 0.29) is 78.4 Å². The van der Waals surface area contributed by atoms with Crippen LogP contribution in [0.15, 0.2) is 119 Å². The molecule has 4 aliphatic heterocycles. The van der Waals surface area contributed by atoms with E-state index in [0.717, 1.165) is 58.2 Å². The molecule has 6 aromatic rings. The fraction of sp³-hybridized carbons (Fsp3) is 0.371. The van der Waals surface area contributed by atoms with Gasteiger partial charge in [0.1, 0.15) is 17.2 Å². The van der Waals surface area contributed by atoms with Crippen LogP contribution in [0.3, 0.4) is 0 Å². The normalized spacial score (nSPS) is 16.8. The number of carboxylic acids is 1. The number of amidine groups is 1. The number of carbonyl (C=O) groups is 5. The first-order chi connectivity index (χ1) is 40.4. The van der Waals surface area contributed by atoms with Crippen LogP contribution in [0.4, 0.5) is 17.1 Å². The molecule has 4 aliphatic rings. The van der Waals surface area contributed by atoms with Crippen molar-refractivity contribution in [3.63, 3.8) is 0 Å². The predicted molar refractivity (Wildman–Crippen MR) is 323 cm³/mol. The number of methoxy groups -OCH3 is 3. The number of aromatic nitrogens is 2. The minimum atomic E-state index is -0.788. The largest absolute Gasteiger partial charge is 0.497 e. The summed E-state index contributed by atoms with van der Waals surface area (Å²) in [5.41, 5.74) is 13.9. The number of carbonyl (C=O) groups excluding carboxylic acids is 4. The number of aryl methyl sites for hydroxylation is 4. The number of oxime groups is 1. The maximum absolute atomic E-state index is 13.2. The summed E-state index contributed by atoms with van der Waals surface area (Å²) in [5, 5.41) is 30.9. The Labute approximate surface area is 501 Å². The van der Waals surface area contributed by atoms with E-state index >= 15 is 0 Å². The number of benzene rings is 5. The van der Waals surface area contributed by atoms with E-state index in [1.165, 1.54) is 11.1 Å². The van der Waals surface area contributed by atoms with Crippen molar-refractivity contribution in [1.29, 1.82) is 0 Å². The number of anilines is 2. The number of hydrogen-bond donors (Lipinski definition) is 5. The smallest absolute Gasteiger partial charge is 0.306 e. The molecule has 0 saturated carbocycles. The summed E-state index contributed by atoms with van der Waals surface area (Å²) in [5.74, 6) is 5.42. The second-order valence-corrected chi connectivity index (χ2v) is 20.6. The summed E-state index contributed by atoms with van der Waals surface area (Å²) in [4.78, 5) is 76.9. The summed E-state index contributed by atoms with van der Waals surface area (Å²) < 4.78 is 20.6. The van der Waals surface area contributed by atoms with Gasteiger partial charge >= 0.3 is 5.97 Å². The molecule has 0 spiro atoms. The fourth-order valence-corrected chi connectivity index (χ4v) is 9.98. The zero-order valence-corrected chi connectivity index (χ0v) is 49.7. The van der Waals surface area contributed by atoms with Crippen molar-refractivity contribution in [3.05, 3.63) is 154 Å². The van der Waals surface area contributed by atoms with Crippen LogP contribution in [0.25, 0.3) is 16.2 Å². The number of likely N-dealkylation sites (tertiary alicyclic amines) is 2. The number of ether oxygens (including phenoxy) is 3. The molecule has 452 valence electrons. The third kappa shape index (κ3) is 17.7. The molecule has 0 radical (unpaired) electrons. The molecule has 22 nitrogen and oxygen atoms in total. The second kappa shape index (κ2) is 32.1. The Balaban J connectivity index is 0.000000228. The van der Waals surface area contributed by atoms with E-state index in [4.69, 9.17) is 46.6 Å². The van der Waals surface area contributed by atoms with Crippen LogP contribution < -0.4 is 35.6 Å². The number of carboxylic acid groups (broad SMARTS) is 1. The van der Waals surface area contributed by atoms with Crippen LogP contribution in [0.5, 0.6) is 17.2 Å². The van der Waals surface area contributed by atoms with Crippen molar-refractivity contribution < 1.29 is 58.2 Å². The first kappa shape index (κ1) is 66.8. The van der Waals surface area contributed by atoms with Crippen LogP contribution in [0.1, 0.15) is 78.2 Å². The fourth-order valence-electron chi connectivity index (χ4n) is 9.98. The van der Waals surface area contributed by atoms with Gasteiger partial charge < -0.3 is 59.6 Å². The van der Waals surface area contributed by atoms with Crippen LogP contribution >= 0.6 is 12.4 Å². The molecule has 0 bridgehead atoms. The van der Waals surface area contributed by atoms with Gasteiger partial charge in [-0.25, -0.2) is 10.7 Å². The Bertz CT molecular complexity index is 3260. The molecule has 85 heavy (non-hydrogen) atoms. The minimum Gasteiger partial charge on any atom is -0.497 e. The molecule has 4 fully saturated rings. The second-order valence-electron chi connectivity index (χ2n) is 20.6. The number of piperidine rings is 2. The third-order valence-corrected chi connectivity index (χ3v) is 15.3. The highest BCUT2D eigenvalue weighted by Crippen LogP contribution is 2.34. The van der Waals surface area contributed by atoms with Gasteiger partial charge in [-0.15, -0.1) is 12.4 Å². The van der Waals surface area contributed by atoms with Crippen molar-refractivity contribution in [2.24, 2.45) is 34.5 Å². The molecule has 5 aromatic carbocycles. The topological polar surface area (TPSA) is 294 Å². The number of amides is 4. The lowest BCUT2D eigenvalue weighted by Crippen LogP contribution is -2.43. The number of rotatable bonds is 11. The van der Waals surface area contributed by atoms with Gasteiger partial charge in [0.25, 0.3) is 0 Å². The molecule has 5 heterocycles. The molecule has 7 N–H and O–H groups in total. The summed E-state index contributed by atoms with van der Waals surface area (Å²) in [6.07, 6.45) is 2.99. The van der Waals surface area contributed by atoms with Crippen LogP contribution in [0.2, 0.25) is 0 Å². The van der Waals surface area contributed by atoms with Crippen molar-refractivity contribution in [1.82, 2.24) is 19.9 Å². The molecule has 10 rings (SSSR count). The van der Waals surface area contributed by atoms with E-state index < -0.39 is 5.97 Å². The Kier molecular flexibility index (Phi) is 25.2. The maximum atomic E-state index is 13.2. The summed E-state index contributed by atoms with van der Waals surface area (Å²) >= 11 is 0. The number of halogens is 1. The van der Waals surface area contributed by atoms with Crippen molar-refractivity contribution in [2.75, 3.05) is 70.4 Å². The average Bonchev–Trinajstić information content (AvgIpc) is 3.60. The lowest BCUT2D eigenvalue weighted by atomic mass is 9.95. The first-order valence-electron chi connectivity index (χ1n) is 27.4. The molecule has 2 unspecified atom stereocenters. The van der Waals surface area contributed by atoms with Gasteiger partial charge in [0.2, 0.25) is 35.3 Å². The van der Waals surface area contributed by atoms with Crippen molar-refractivity contribution in [3.8, 4) is 28.6 Å². The Hall–Kier alpha value is -9.04. The first-order valence-corrected chi connectivity index (χ1v) is 27.4. The summed E-state index contributed by atoms with van der Waals surface area (Å²) in [7, 11) is 4.81. The molecular weight excluding hydrogens is 1110 g/mol. The van der Waals surface area contributed by atoms with Gasteiger partial charge in [-0.3, -0.25) is 24.0 Å². The van der Waals surface area contributed by atoms with Crippen molar-refractivity contribution in [2.45, 2.75) is 72.1 Å². The molecule has 0 aliphatic carbocycles. The number of hydrogen-bond acceptors (Lipinski definition) is 15. The molecule has 1 aromatic heterocycles. The van der Waals surface area contributed by atoms with Crippen LogP contribution in [0, 0.1) is 52.0 Å². The molecule has 23 heteroatoms. The van der Waals surface area contributed by atoms with Gasteiger partial charge in [-0.05, 0) is 161 Å². The van der Waals surface area contributed by atoms with Gasteiger partial charge in [0.15, 0.2) is 11.5 Å². The lowest BCUT2D eigenvalue weighted by molar-refractivity contribution is -0.146. The zero-order valence-electron chi connectivity index (χ0n) is 48.8.